The van der Waals surface area contributed by atoms with Crippen LogP contribution in [-0.4, -0.2) is 61.2 Å². The number of nitrogens with one attached hydrogen (secondary N) is 1. The largest absolute Gasteiger partial charge is 0.314 e. The molecule has 0 bridgehead atoms. The van der Waals surface area contributed by atoms with Gasteiger partial charge >= 0.3 is 0 Å². The third-order valence-electron chi connectivity index (χ3n) is 4.15. The molecule has 1 heterocycles. The summed E-state index contributed by atoms with van der Waals surface area (Å²) in [6, 6.07) is 2.09. The van der Waals surface area contributed by atoms with Gasteiger partial charge in [0.1, 0.15) is 0 Å². The second-order valence-electron chi connectivity index (χ2n) is 5.58. The smallest absolute Gasteiger partial charge is 0.0218 e. The van der Waals surface area contributed by atoms with Crippen LogP contribution in [0.4, 0.5) is 0 Å². The van der Waals surface area contributed by atoms with Crippen LogP contribution >= 0.6 is 0 Å². The predicted molar refractivity (Wildman–Crippen MR) is 75.5 cm³/mol. The normalized spacial score (nSPS) is 27.0. The van der Waals surface area contributed by atoms with Gasteiger partial charge in [-0.25, -0.2) is 0 Å². The van der Waals surface area contributed by atoms with Crippen molar-refractivity contribution in [1.29, 1.82) is 0 Å². The maximum Gasteiger partial charge on any atom is 0.0218 e. The van der Waals surface area contributed by atoms with Crippen molar-refractivity contribution in [2.24, 2.45) is 0 Å². The molecule has 102 valence electrons. The summed E-state index contributed by atoms with van der Waals surface area (Å²) in [6.07, 6.45) is 2.52. The van der Waals surface area contributed by atoms with Crippen LogP contribution < -0.4 is 5.32 Å². The number of nitrogens with zero attached hydrogens (tertiary/aromatic N) is 2. The molecule has 0 aliphatic carbocycles. The summed E-state index contributed by atoms with van der Waals surface area (Å²) in [6.45, 7) is 13.9. The molecule has 17 heavy (non-hydrogen) atoms. The lowest BCUT2D eigenvalue weighted by Crippen LogP contribution is -2.54. The molecular weight excluding hydrogens is 210 g/mol. The van der Waals surface area contributed by atoms with Crippen LogP contribution in [0.15, 0.2) is 0 Å². The van der Waals surface area contributed by atoms with E-state index in [1.165, 1.54) is 32.5 Å². The molecule has 3 atom stereocenters. The summed E-state index contributed by atoms with van der Waals surface area (Å²) in [7, 11) is 2.26. The van der Waals surface area contributed by atoms with Gasteiger partial charge in [-0.1, -0.05) is 13.8 Å². The van der Waals surface area contributed by atoms with Gasteiger partial charge in [-0.2, -0.15) is 0 Å². The molecule has 0 aromatic carbocycles. The Morgan fingerprint density at radius 2 is 1.94 bits per heavy atom. The van der Waals surface area contributed by atoms with Crippen molar-refractivity contribution in [3.63, 3.8) is 0 Å². The second kappa shape index (κ2) is 7.34. The molecule has 0 aromatic heterocycles. The molecular formula is C14H31N3. The first-order chi connectivity index (χ1) is 8.08. The molecule has 3 nitrogen and oxygen atoms in total. The van der Waals surface area contributed by atoms with E-state index in [2.05, 4.69) is 49.9 Å². The Labute approximate surface area is 108 Å². The Morgan fingerprint density at radius 3 is 2.53 bits per heavy atom. The highest BCUT2D eigenvalue weighted by Crippen LogP contribution is 2.15. The zero-order chi connectivity index (χ0) is 12.8. The highest BCUT2D eigenvalue weighted by atomic mass is 15.3. The Morgan fingerprint density at radius 1 is 1.24 bits per heavy atom. The highest BCUT2D eigenvalue weighted by molar-refractivity contribution is 4.83. The van der Waals surface area contributed by atoms with Crippen LogP contribution in [0.25, 0.3) is 0 Å². The summed E-state index contributed by atoms with van der Waals surface area (Å²) in [5, 5.41) is 3.51. The quantitative estimate of drug-likeness (QED) is 0.765. The minimum absolute atomic E-state index is 0.634. The van der Waals surface area contributed by atoms with E-state index in [9.17, 15) is 0 Å². The van der Waals surface area contributed by atoms with E-state index in [-0.39, 0.29) is 0 Å². The molecule has 1 aliphatic rings. The highest BCUT2D eigenvalue weighted by Gasteiger charge is 2.26. The van der Waals surface area contributed by atoms with Crippen LogP contribution in [-0.2, 0) is 0 Å². The topological polar surface area (TPSA) is 18.5 Å². The van der Waals surface area contributed by atoms with E-state index in [0.29, 0.717) is 12.1 Å². The van der Waals surface area contributed by atoms with Crippen LogP contribution in [0.2, 0.25) is 0 Å². The first kappa shape index (κ1) is 14.9. The van der Waals surface area contributed by atoms with Crippen LogP contribution in [0.1, 0.15) is 40.5 Å². The van der Waals surface area contributed by atoms with Crippen molar-refractivity contribution in [3.05, 3.63) is 0 Å². The van der Waals surface area contributed by atoms with Gasteiger partial charge in [0.2, 0.25) is 0 Å². The summed E-state index contributed by atoms with van der Waals surface area (Å²) in [4.78, 5) is 5.18. The summed E-state index contributed by atoms with van der Waals surface area (Å²) in [5.74, 6) is 0. The second-order valence-corrected chi connectivity index (χ2v) is 5.58. The third-order valence-corrected chi connectivity index (χ3v) is 4.15. The molecule has 0 amide bonds. The van der Waals surface area contributed by atoms with Crippen LogP contribution in [0, 0.1) is 0 Å². The van der Waals surface area contributed by atoms with E-state index in [4.69, 9.17) is 0 Å². The maximum absolute atomic E-state index is 3.51. The molecule has 1 rings (SSSR count). The van der Waals surface area contributed by atoms with Gasteiger partial charge in [-0.05, 0) is 40.3 Å². The first-order valence-electron chi connectivity index (χ1n) is 7.26. The molecule has 3 heteroatoms. The Bertz CT molecular complexity index is 208. The molecule has 1 aliphatic heterocycles. The number of rotatable bonds is 6. The molecule has 0 radical (unpaired) electrons. The van der Waals surface area contributed by atoms with E-state index in [1.807, 2.05) is 0 Å². The number of hydrogen-bond acceptors (Lipinski definition) is 3. The zero-order valence-corrected chi connectivity index (χ0v) is 12.4. The van der Waals surface area contributed by atoms with Crippen molar-refractivity contribution in [3.8, 4) is 0 Å². The fraction of sp³-hybridized carbons (Fsp3) is 1.00. The SMILES string of the molecule is CCNC(C)CC(C)N1CCN(C)C(CC)C1. The van der Waals surface area contributed by atoms with Crippen molar-refractivity contribution in [1.82, 2.24) is 15.1 Å². The molecule has 0 saturated carbocycles. The fourth-order valence-corrected chi connectivity index (χ4v) is 2.90. The van der Waals surface area contributed by atoms with Gasteiger partial charge in [0.05, 0.1) is 0 Å². The first-order valence-corrected chi connectivity index (χ1v) is 7.26. The van der Waals surface area contributed by atoms with Crippen molar-refractivity contribution >= 4 is 0 Å². The lowest BCUT2D eigenvalue weighted by molar-refractivity contribution is 0.0623. The third kappa shape index (κ3) is 4.57. The molecule has 1 N–H and O–H groups in total. The minimum atomic E-state index is 0.634. The Hall–Kier alpha value is -0.120. The fourth-order valence-electron chi connectivity index (χ4n) is 2.90. The van der Waals surface area contributed by atoms with E-state index in [1.54, 1.807) is 0 Å². The lowest BCUT2D eigenvalue weighted by atomic mass is 10.0. The average molecular weight is 241 g/mol. The molecule has 1 fully saturated rings. The predicted octanol–water partition coefficient (Wildman–Crippen LogP) is 1.79. The van der Waals surface area contributed by atoms with Crippen molar-refractivity contribution in [2.75, 3.05) is 33.2 Å². The van der Waals surface area contributed by atoms with Gasteiger partial charge in [0, 0.05) is 37.8 Å². The molecule has 0 aromatic rings. The maximum atomic E-state index is 3.51. The lowest BCUT2D eigenvalue weighted by Gasteiger charge is -2.42. The summed E-state index contributed by atoms with van der Waals surface area (Å²) < 4.78 is 0. The Balaban J connectivity index is 2.39. The number of piperazine rings is 1. The van der Waals surface area contributed by atoms with Crippen molar-refractivity contribution in [2.45, 2.75) is 58.7 Å². The minimum Gasteiger partial charge on any atom is -0.314 e. The van der Waals surface area contributed by atoms with Gasteiger partial charge in [0.15, 0.2) is 0 Å². The van der Waals surface area contributed by atoms with Gasteiger partial charge < -0.3 is 10.2 Å². The monoisotopic (exact) mass is 241 g/mol. The number of hydrogen-bond donors (Lipinski definition) is 1. The summed E-state index contributed by atoms with van der Waals surface area (Å²) in [5.41, 5.74) is 0. The van der Waals surface area contributed by atoms with Gasteiger partial charge in [0.25, 0.3) is 0 Å². The van der Waals surface area contributed by atoms with E-state index < -0.39 is 0 Å². The van der Waals surface area contributed by atoms with E-state index in [0.717, 1.165) is 12.6 Å². The molecule has 1 saturated heterocycles. The van der Waals surface area contributed by atoms with Gasteiger partial charge in [-0.3, -0.25) is 4.90 Å². The molecule has 3 unspecified atom stereocenters. The van der Waals surface area contributed by atoms with Crippen LogP contribution in [0.3, 0.4) is 0 Å². The van der Waals surface area contributed by atoms with Gasteiger partial charge in [-0.15, -0.1) is 0 Å². The van der Waals surface area contributed by atoms with E-state index >= 15 is 0 Å². The summed E-state index contributed by atoms with van der Waals surface area (Å²) >= 11 is 0. The average Bonchev–Trinajstić information content (AvgIpc) is 2.29. The zero-order valence-electron chi connectivity index (χ0n) is 12.4. The molecule has 0 spiro atoms. The van der Waals surface area contributed by atoms with Crippen LogP contribution in [0.5, 0.6) is 0 Å². The number of likely N-dealkylation sites (N-methyl/N-ethyl adjacent to an activating group) is 1. The Kier molecular flexibility index (Phi) is 6.45. The standard InChI is InChI=1S/C14H31N3/c1-6-14-11-17(9-8-16(14)5)13(4)10-12(3)15-7-2/h12-15H,6-11H2,1-5H3. The van der Waals surface area contributed by atoms with Crippen molar-refractivity contribution < 1.29 is 0 Å².